The lowest BCUT2D eigenvalue weighted by Gasteiger charge is -2.30. The summed E-state index contributed by atoms with van der Waals surface area (Å²) in [5.41, 5.74) is 1.23. The smallest absolute Gasteiger partial charge is 0.0462 e. The third-order valence-electron chi connectivity index (χ3n) is 3.69. The lowest BCUT2D eigenvalue weighted by Crippen LogP contribution is -2.32. The van der Waals surface area contributed by atoms with Gasteiger partial charge in [-0.1, -0.05) is 12.8 Å². The number of aromatic amines is 1. The van der Waals surface area contributed by atoms with Gasteiger partial charge in [0.05, 0.1) is 0 Å². The second kappa shape index (κ2) is 6.06. The summed E-state index contributed by atoms with van der Waals surface area (Å²) in [5.74, 6) is 1.18. The number of hydrogen-bond donors (Lipinski definition) is 3. The van der Waals surface area contributed by atoms with Crippen molar-refractivity contribution in [3.63, 3.8) is 0 Å². The molecular formula is C13H22N2O. The van der Waals surface area contributed by atoms with E-state index in [9.17, 15) is 5.11 Å². The molecule has 1 heterocycles. The maximum Gasteiger partial charge on any atom is 0.0462 e. The predicted molar refractivity (Wildman–Crippen MR) is 65.0 cm³/mol. The summed E-state index contributed by atoms with van der Waals surface area (Å²) in [5, 5.41) is 12.8. The summed E-state index contributed by atoms with van der Waals surface area (Å²) in [6, 6.07) is 4.12. The first kappa shape index (κ1) is 11.7. The van der Waals surface area contributed by atoms with E-state index >= 15 is 0 Å². The van der Waals surface area contributed by atoms with E-state index in [1.165, 1.54) is 31.4 Å². The highest BCUT2D eigenvalue weighted by atomic mass is 16.3. The van der Waals surface area contributed by atoms with E-state index in [1.807, 2.05) is 12.3 Å². The van der Waals surface area contributed by atoms with Crippen LogP contribution in [0.4, 0.5) is 0 Å². The molecule has 3 nitrogen and oxygen atoms in total. The van der Waals surface area contributed by atoms with Gasteiger partial charge in [-0.05, 0) is 43.4 Å². The van der Waals surface area contributed by atoms with Crippen molar-refractivity contribution in [3.8, 4) is 0 Å². The molecule has 2 rings (SSSR count). The molecule has 0 bridgehead atoms. The Morgan fingerprint density at radius 3 is 2.81 bits per heavy atom. The van der Waals surface area contributed by atoms with E-state index in [4.69, 9.17) is 0 Å². The molecule has 1 aliphatic rings. The second-order valence-corrected chi connectivity index (χ2v) is 4.81. The molecule has 1 saturated carbocycles. The van der Waals surface area contributed by atoms with Gasteiger partial charge in [-0.15, -0.1) is 0 Å². The van der Waals surface area contributed by atoms with Gasteiger partial charge in [0.1, 0.15) is 0 Å². The highest BCUT2D eigenvalue weighted by Crippen LogP contribution is 2.29. The maximum atomic E-state index is 9.31. The number of nitrogens with one attached hydrogen (secondary N) is 2. The fraction of sp³-hybridized carbons (Fsp3) is 0.692. The number of H-pyrrole nitrogens is 1. The molecule has 1 fully saturated rings. The number of rotatable bonds is 5. The monoisotopic (exact) mass is 222 g/mol. The minimum absolute atomic E-state index is 0.356. The average Bonchev–Trinajstić information content (AvgIpc) is 2.83. The first-order valence-electron chi connectivity index (χ1n) is 6.34. The zero-order valence-corrected chi connectivity index (χ0v) is 9.78. The van der Waals surface area contributed by atoms with Crippen LogP contribution in [0.2, 0.25) is 0 Å². The van der Waals surface area contributed by atoms with Gasteiger partial charge in [-0.2, -0.15) is 0 Å². The second-order valence-electron chi connectivity index (χ2n) is 4.81. The molecule has 1 aliphatic carbocycles. The van der Waals surface area contributed by atoms with E-state index in [0.717, 1.165) is 13.1 Å². The summed E-state index contributed by atoms with van der Waals surface area (Å²) >= 11 is 0. The van der Waals surface area contributed by atoms with Crippen molar-refractivity contribution in [1.29, 1.82) is 0 Å². The largest absolute Gasteiger partial charge is 0.396 e. The van der Waals surface area contributed by atoms with E-state index in [0.29, 0.717) is 18.4 Å². The third-order valence-corrected chi connectivity index (χ3v) is 3.69. The lowest BCUT2D eigenvalue weighted by molar-refractivity contribution is 0.133. The van der Waals surface area contributed by atoms with Crippen molar-refractivity contribution in [2.24, 2.45) is 11.8 Å². The Bertz CT molecular complexity index is 284. The Balaban J connectivity index is 1.71. The standard InChI is InChI=1S/C13H22N2O/c16-10-12-5-2-1-4-11(12)8-14-9-13-6-3-7-15-13/h3,6-7,11-12,14-16H,1-2,4-5,8-10H2. The fourth-order valence-corrected chi connectivity index (χ4v) is 2.66. The third kappa shape index (κ3) is 3.09. The quantitative estimate of drug-likeness (QED) is 0.712. The fourth-order valence-electron chi connectivity index (χ4n) is 2.66. The zero-order valence-electron chi connectivity index (χ0n) is 9.78. The van der Waals surface area contributed by atoms with Crippen LogP contribution in [0.15, 0.2) is 18.3 Å². The van der Waals surface area contributed by atoms with Gasteiger partial charge in [0.25, 0.3) is 0 Å². The minimum Gasteiger partial charge on any atom is -0.396 e. The maximum absolute atomic E-state index is 9.31. The predicted octanol–water partition coefficient (Wildman–Crippen LogP) is 1.90. The molecule has 1 aromatic rings. The first-order valence-corrected chi connectivity index (χ1v) is 6.34. The number of hydrogen-bond acceptors (Lipinski definition) is 2. The number of aliphatic hydroxyl groups is 1. The van der Waals surface area contributed by atoms with Crippen molar-refractivity contribution in [3.05, 3.63) is 24.0 Å². The summed E-state index contributed by atoms with van der Waals surface area (Å²) in [7, 11) is 0. The van der Waals surface area contributed by atoms with Crippen molar-refractivity contribution >= 4 is 0 Å². The lowest BCUT2D eigenvalue weighted by atomic mass is 9.79. The van der Waals surface area contributed by atoms with Crippen LogP contribution in [0.1, 0.15) is 31.4 Å². The van der Waals surface area contributed by atoms with Gasteiger partial charge >= 0.3 is 0 Å². The van der Waals surface area contributed by atoms with E-state index < -0.39 is 0 Å². The van der Waals surface area contributed by atoms with E-state index in [1.54, 1.807) is 0 Å². The highest BCUT2D eigenvalue weighted by Gasteiger charge is 2.23. The average molecular weight is 222 g/mol. The molecule has 16 heavy (non-hydrogen) atoms. The van der Waals surface area contributed by atoms with Gasteiger partial charge in [0, 0.05) is 25.0 Å². The molecule has 2 atom stereocenters. The molecular weight excluding hydrogens is 200 g/mol. The summed E-state index contributed by atoms with van der Waals surface area (Å²) < 4.78 is 0. The molecule has 3 N–H and O–H groups in total. The van der Waals surface area contributed by atoms with Crippen LogP contribution in [-0.2, 0) is 6.54 Å². The van der Waals surface area contributed by atoms with E-state index in [2.05, 4.69) is 16.4 Å². The first-order chi connectivity index (χ1) is 7.90. The number of aromatic nitrogens is 1. The Labute approximate surface area is 97.3 Å². The van der Waals surface area contributed by atoms with Gasteiger partial charge in [-0.3, -0.25) is 0 Å². The van der Waals surface area contributed by atoms with Crippen LogP contribution in [0.3, 0.4) is 0 Å². The van der Waals surface area contributed by atoms with Gasteiger partial charge in [0.15, 0.2) is 0 Å². The van der Waals surface area contributed by atoms with Gasteiger partial charge < -0.3 is 15.4 Å². The van der Waals surface area contributed by atoms with Gasteiger partial charge in [0.2, 0.25) is 0 Å². The minimum atomic E-state index is 0.356. The molecule has 0 saturated heterocycles. The normalized spacial score (nSPS) is 25.8. The van der Waals surface area contributed by atoms with Crippen molar-refractivity contribution in [1.82, 2.24) is 10.3 Å². The Morgan fingerprint density at radius 2 is 2.12 bits per heavy atom. The molecule has 0 aliphatic heterocycles. The topological polar surface area (TPSA) is 48.0 Å². The molecule has 3 heteroatoms. The molecule has 0 amide bonds. The SMILES string of the molecule is OCC1CCCCC1CNCc1ccc[nH]1. The van der Waals surface area contributed by atoms with Crippen LogP contribution in [0, 0.1) is 11.8 Å². The molecule has 0 aromatic carbocycles. The van der Waals surface area contributed by atoms with Crippen molar-refractivity contribution in [2.45, 2.75) is 32.2 Å². The van der Waals surface area contributed by atoms with Crippen molar-refractivity contribution < 1.29 is 5.11 Å². The van der Waals surface area contributed by atoms with Crippen molar-refractivity contribution in [2.75, 3.05) is 13.2 Å². The van der Waals surface area contributed by atoms with E-state index in [-0.39, 0.29) is 0 Å². The highest BCUT2D eigenvalue weighted by molar-refractivity contribution is 5.02. The van der Waals surface area contributed by atoms with Crippen LogP contribution in [0.5, 0.6) is 0 Å². The Hall–Kier alpha value is -0.800. The zero-order chi connectivity index (χ0) is 11.2. The Kier molecular flexibility index (Phi) is 4.43. The summed E-state index contributed by atoms with van der Waals surface area (Å²) in [6.45, 7) is 2.29. The van der Waals surface area contributed by atoms with Gasteiger partial charge in [-0.25, -0.2) is 0 Å². The molecule has 0 spiro atoms. The van der Waals surface area contributed by atoms with Crippen LogP contribution >= 0.6 is 0 Å². The Morgan fingerprint density at radius 1 is 1.31 bits per heavy atom. The summed E-state index contributed by atoms with van der Waals surface area (Å²) in [4.78, 5) is 3.19. The molecule has 1 aromatic heterocycles. The van der Waals surface area contributed by atoms with Crippen LogP contribution in [-0.4, -0.2) is 23.2 Å². The number of aliphatic hydroxyl groups excluding tert-OH is 1. The molecule has 2 unspecified atom stereocenters. The molecule has 0 radical (unpaired) electrons. The molecule has 90 valence electrons. The summed E-state index contributed by atoms with van der Waals surface area (Å²) in [6.07, 6.45) is 7.03. The van der Waals surface area contributed by atoms with Crippen LogP contribution in [0.25, 0.3) is 0 Å². The van der Waals surface area contributed by atoms with Crippen LogP contribution < -0.4 is 5.32 Å².